The standard InChI is InChI=1S/C20H26N4O5S2/c1-3-16(17-18(25)22-20(30)24(19(17)26)11-12-29-2)21-14-7-6-8-15(13-14)31(27,28)23-9-4-5-10-23/h6-8,13,26H,3-5,9-12H2,1-2H3,(H,22,25,30). The minimum atomic E-state index is -3.59. The molecule has 0 amide bonds. The highest BCUT2D eigenvalue weighted by atomic mass is 32.2. The zero-order valence-electron chi connectivity index (χ0n) is 17.5. The van der Waals surface area contributed by atoms with Crippen molar-refractivity contribution in [3.63, 3.8) is 0 Å². The molecule has 0 radical (unpaired) electrons. The molecule has 1 aromatic carbocycles. The predicted molar refractivity (Wildman–Crippen MR) is 120 cm³/mol. The van der Waals surface area contributed by atoms with Crippen molar-refractivity contribution >= 4 is 33.6 Å². The molecule has 1 saturated heterocycles. The van der Waals surface area contributed by atoms with Crippen LogP contribution in [0.5, 0.6) is 5.88 Å². The summed E-state index contributed by atoms with van der Waals surface area (Å²) in [5.41, 5.74) is 0.134. The van der Waals surface area contributed by atoms with Crippen molar-refractivity contribution in [3.05, 3.63) is 45.0 Å². The van der Waals surface area contributed by atoms with Gasteiger partial charge in [-0.15, -0.1) is 0 Å². The fourth-order valence-electron chi connectivity index (χ4n) is 3.47. The number of aromatic hydroxyl groups is 1. The molecule has 0 aliphatic carbocycles. The van der Waals surface area contributed by atoms with Crippen LogP contribution in [-0.4, -0.2) is 59.9 Å². The molecular weight excluding hydrogens is 440 g/mol. The summed E-state index contributed by atoms with van der Waals surface area (Å²) >= 11 is 5.14. The van der Waals surface area contributed by atoms with E-state index in [0.717, 1.165) is 12.8 Å². The Balaban J connectivity index is 2.05. The van der Waals surface area contributed by atoms with E-state index in [1.807, 2.05) is 0 Å². The topological polar surface area (TPSA) is 117 Å². The van der Waals surface area contributed by atoms with E-state index in [9.17, 15) is 18.3 Å². The lowest BCUT2D eigenvalue weighted by Gasteiger charge is -2.16. The molecule has 3 rings (SSSR count). The summed E-state index contributed by atoms with van der Waals surface area (Å²) in [7, 11) is -2.07. The van der Waals surface area contributed by atoms with Gasteiger partial charge in [-0.25, -0.2) is 8.42 Å². The van der Waals surface area contributed by atoms with Crippen LogP contribution in [0.1, 0.15) is 31.7 Å². The van der Waals surface area contributed by atoms with E-state index < -0.39 is 15.6 Å². The number of nitrogens with zero attached hydrogens (tertiary/aromatic N) is 3. The predicted octanol–water partition coefficient (Wildman–Crippen LogP) is 2.57. The van der Waals surface area contributed by atoms with Crippen molar-refractivity contribution in [2.75, 3.05) is 26.8 Å². The summed E-state index contributed by atoms with van der Waals surface area (Å²) in [4.78, 5) is 19.8. The Hall–Kier alpha value is -2.34. The monoisotopic (exact) mass is 466 g/mol. The first-order valence-electron chi connectivity index (χ1n) is 10.0. The molecule has 2 N–H and O–H groups in total. The van der Waals surface area contributed by atoms with E-state index in [4.69, 9.17) is 17.0 Å². The molecule has 0 unspecified atom stereocenters. The Morgan fingerprint density at radius 1 is 1.32 bits per heavy atom. The Kier molecular flexibility index (Phi) is 7.42. The van der Waals surface area contributed by atoms with Gasteiger partial charge in [0.25, 0.3) is 5.56 Å². The van der Waals surface area contributed by atoms with Gasteiger partial charge in [0.15, 0.2) is 4.77 Å². The van der Waals surface area contributed by atoms with Crippen LogP contribution in [0.15, 0.2) is 38.9 Å². The number of hydrogen-bond donors (Lipinski definition) is 2. The van der Waals surface area contributed by atoms with E-state index in [0.29, 0.717) is 37.5 Å². The highest BCUT2D eigenvalue weighted by Gasteiger charge is 2.27. The first kappa shape index (κ1) is 23.3. The zero-order valence-corrected chi connectivity index (χ0v) is 19.1. The smallest absolute Gasteiger partial charge is 0.264 e. The van der Waals surface area contributed by atoms with E-state index in [2.05, 4.69) is 9.98 Å². The number of rotatable bonds is 8. The molecule has 1 fully saturated rings. The highest BCUT2D eigenvalue weighted by molar-refractivity contribution is 7.89. The molecule has 1 aliphatic rings. The van der Waals surface area contributed by atoms with Crippen LogP contribution in [0, 0.1) is 4.77 Å². The average Bonchev–Trinajstić information content (AvgIpc) is 3.28. The SMILES string of the molecule is CCC(=Nc1cccc(S(=O)(=O)N2CCCC2)c1)c1c(O)n(CCOC)c(=S)[nH]c1=O. The third kappa shape index (κ3) is 4.95. The molecule has 0 saturated carbocycles. The first-order chi connectivity index (χ1) is 14.8. The second-order valence-electron chi connectivity index (χ2n) is 7.12. The van der Waals surface area contributed by atoms with Crippen LogP contribution >= 0.6 is 12.2 Å². The van der Waals surface area contributed by atoms with Crippen molar-refractivity contribution in [2.45, 2.75) is 37.6 Å². The minimum Gasteiger partial charge on any atom is -0.494 e. The molecule has 9 nitrogen and oxygen atoms in total. The largest absolute Gasteiger partial charge is 0.494 e. The number of aromatic amines is 1. The summed E-state index contributed by atoms with van der Waals surface area (Å²) in [5.74, 6) is -0.299. The number of hydrogen-bond acceptors (Lipinski definition) is 7. The molecule has 2 heterocycles. The van der Waals surface area contributed by atoms with Gasteiger partial charge in [0, 0.05) is 20.2 Å². The molecule has 2 aromatic rings. The van der Waals surface area contributed by atoms with Gasteiger partial charge in [-0.1, -0.05) is 13.0 Å². The Morgan fingerprint density at radius 3 is 2.68 bits per heavy atom. The summed E-state index contributed by atoms with van der Waals surface area (Å²) in [5, 5.41) is 10.7. The van der Waals surface area contributed by atoms with Crippen LogP contribution < -0.4 is 5.56 Å². The summed E-state index contributed by atoms with van der Waals surface area (Å²) in [6.45, 7) is 3.36. The molecular formula is C20H26N4O5S2. The Morgan fingerprint density at radius 2 is 2.03 bits per heavy atom. The van der Waals surface area contributed by atoms with Crippen molar-refractivity contribution in [1.29, 1.82) is 0 Å². The number of sulfonamides is 1. The van der Waals surface area contributed by atoms with Crippen molar-refractivity contribution in [3.8, 4) is 5.88 Å². The fraction of sp³-hybridized carbons (Fsp3) is 0.450. The number of methoxy groups -OCH3 is 1. The van der Waals surface area contributed by atoms with E-state index in [1.54, 1.807) is 19.1 Å². The quantitative estimate of drug-likeness (QED) is 0.456. The average molecular weight is 467 g/mol. The number of benzene rings is 1. The van der Waals surface area contributed by atoms with Gasteiger partial charge in [-0.05, 0) is 49.7 Å². The third-order valence-corrected chi connectivity index (χ3v) is 7.32. The molecule has 1 aliphatic heterocycles. The van der Waals surface area contributed by atoms with Gasteiger partial charge < -0.3 is 9.84 Å². The summed E-state index contributed by atoms with van der Waals surface area (Å²) in [6, 6.07) is 6.29. The Labute approximate surface area is 186 Å². The maximum Gasteiger partial charge on any atom is 0.264 e. The first-order valence-corrected chi connectivity index (χ1v) is 11.9. The molecule has 0 atom stereocenters. The normalized spacial score (nSPS) is 15.5. The second kappa shape index (κ2) is 9.86. The summed E-state index contributed by atoms with van der Waals surface area (Å²) < 4.78 is 33.7. The number of ether oxygens (including phenoxy) is 1. The fourth-order valence-corrected chi connectivity index (χ4v) is 5.30. The van der Waals surface area contributed by atoms with Gasteiger partial charge in [-0.3, -0.25) is 19.3 Å². The van der Waals surface area contributed by atoms with Crippen molar-refractivity contribution in [2.24, 2.45) is 4.99 Å². The van der Waals surface area contributed by atoms with E-state index >= 15 is 0 Å². The zero-order chi connectivity index (χ0) is 22.6. The van der Waals surface area contributed by atoms with Gasteiger partial charge in [0.1, 0.15) is 5.56 Å². The number of aromatic nitrogens is 2. The van der Waals surface area contributed by atoms with Crippen LogP contribution in [0.4, 0.5) is 5.69 Å². The highest BCUT2D eigenvalue weighted by Crippen LogP contribution is 2.26. The molecule has 168 valence electrons. The lowest BCUT2D eigenvalue weighted by Crippen LogP contribution is -2.27. The maximum absolute atomic E-state index is 12.9. The molecule has 11 heteroatoms. The molecule has 0 spiro atoms. The number of aliphatic imine (C=N–C) groups is 1. The van der Waals surface area contributed by atoms with E-state index in [-0.39, 0.29) is 27.7 Å². The van der Waals surface area contributed by atoms with Crippen LogP contribution in [-0.2, 0) is 21.3 Å². The van der Waals surface area contributed by atoms with Gasteiger partial charge >= 0.3 is 0 Å². The van der Waals surface area contributed by atoms with Crippen molar-refractivity contribution in [1.82, 2.24) is 13.9 Å². The molecule has 0 bridgehead atoms. The van der Waals surface area contributed by atoms with Crippen LogP contribution in [0.25, 0.3) is 0 Å². The lowest BCUT2D eigenvalue weighted by atomic mass is 10.1. The van der Waals surface area contributed by atoms with Crippen LogP contribution in [0.2, 0.25) is 0 Å². The lowest BCUT2D eigenvalue weighted by molar-refractivity contribution is 0.182. The van der Waals surface area contributed by atoms with Gasteiger partial charge in [0.05, 0.1) is 29.4 Å². The maximum atomic E-state index is 12.9. The minimum absolute atomic E-state index is 0.00000572. The number of nitrogens with one attached hydrogen (secondary N) is 1. The second-order valence-corrected chi connectivity index (χ2v) is 9.45. The molecule has 31 heavy (non-hydrogen) atoms. The van der Waals surface area contributed by atoms with Crippen LogP contribution in [0.3, 0.4) is 0 Å². The van der Waals surface area contributed by atoms with Gasteiger partial charge in [0.2, 0.25) is 15.9 Å². The van der Waals surface area contributed by atoms with Crippen molar-refractivity contribution < 1.29 is 18.3 Å². The Bertz CT molecular complexity index is 1190. The third-order valence-electron chi connectivity index (χ3n) is 5.10. The van der Waals surface area contributed by atoms with Gasteiger partial charge in [-0.2, -0.15) is 4.31 Å². The molecule has 1 aromatic heterocycles. The number of H-pyrrole nitrogens is 1. The summed E-state index contributed by atoms with van der Waals surface area (Å²) in [6.07, 6.45) is 2.03. The van der Waals surface area contributed by atoms with E-state index in [1.165, 1.54) is 28.1 Å².